The van der Waals surface area contributed by atoms with E-state index in [0.29, 0.717) is 35.6 Å². The molecule has 9 heteroatoms. The zero-order chi connectivity index (χ0) is 25.9. The van der Waals surface area contributed by atoms with Gasteiger partial charge in [-0.05, 0) is 49.6 Å². The number of ether oxygens (including phenoxy) is 2. The minimum Gasteiger partial charge on any atom is -0.486 e. The third-order valence-corrected chi connectivity index (χ3v) is 7.21. The van der Waals surface area contributed by atoms with Gasteiger partial charge in [-0.1, -0.05) is 20.4 Å². The van der Waals surface area contributed by atoms with Crippen LogP contribution < -0.4 is 10.3 Å². The van der Waals surface area contributed by atoms with E-state index in [1.807, 2.05) is 13.0 Å². The van der Waals surface area contributed by atoms with Crippen LogP contribution in [0.2, 0.25) is 0 Å². The lowest BCUT2D eigenvalue weighted by Crippen LogP contribution is -2.44. The number of carboxylic acids is 1. The second-order valence-electron chi connectivity index (χ2n) is 9.14. The molecule has 2 aliphatic heterocycles. The van der Waals surface area contributed by atoms with Gasteiger partial charge in [-0.2, -0.15) is 0 Å². The first-order valence-electron chi connectivity index (χ1n) is 11.8. The lowest BCUT2D eigenvalue weighted by Gasteiger charge is -2.31. The van der Waals surface area contributed by atoms with E-state index in [-0.39, 0.29) is 35.3 Å². The number of hydrogen-bond acceptors (Lipinski definition) is 7. The van der Waals surface area contributed by atoms with Crippen LogP contribution in [0.15, 0.2) is 41.2 Å². The van der Waals surface area contributed by atoms with Crippen LogP contribution in [-0.2, 0) is 39.5 Å². The van der Waals surface area contributed by atoms with Gasteiger partial charge in [0.15, 0.2) is 5.60 Å². The molecular formula is C27H26N2O7. The standard InChI is InChI=1S/C27H26N2O7/c1-5-16-17-9-15(36-14(4)13(3)25(31)32)7-8-21(17)28-23-18(16)11-29-22(23)10-20-19(24(29)30)12-35-26(33)27(20,34)6-2/h7-10,14,34H,3,5-6,11-12H2,1-2,4H3,(H,31,32)/t14?,27-/m0/s1. The number of aryl methyl sites for hydroxylation is 1. The van der Waals surface area contributed by atoms with Gasteiger partial charge in [-0.15, -0.1) is 0 Å². The Morgan fingerprint density at radius 1 is 1.28 bits per heavy atom. The van der Waals surface area contributed by atoms with E-state index in [1.165, 1.54) is 0 Å². The average molecular weight is 491 g/mol. The molecule has 0 saturated heterocycles. The number of nitrogens with zero attached hydrogens (tertiary/aromatic N) is 2. The van der Waals surface area contributed by atoms with Crippen molar-refractivity contribution < 1.29 is 29.3 Å². The van der Waals surface area contributed by atoms with Crippen LogP contribution in [0.5, 0.6) is 5.75 Å². The second kappa shape index (κ2) is 8.30. The molecule has 0 saturated carbocycles. The predicted molar refractivity (Wildman–Crippen MR) is 131 cm³/mol. The van der Waals surface area contributed by atoms with Gasteiger partial charge < -0.3 is 24.3 Å². The molecule has 1 aromatic carbocycles. The number of fused-ring (bicyclic) bond motifs is 5. The Morgan fingerprint density at radius 3 is 2.69 bits per heavy atom. The summed E-state index contributed by atoms with van der Waals surface area (Å²) >= 11 is 0. The number of esters is 1. The van der Waals surface area contributed by atoms with Gasteiger partial charge in [0.1, 0.15) is 18.5 Å². The van der Waals surface area contributed by atoms with Gasteiger partial charge >= 0.3 is 11.9 Å². The summed E-state index contributed by atoms with van der Waals surface area (Å²) in [5, 5.41) is 21.1. The van der Waals surface area contributed by atoms with Crippen molar-refractivity contribution >= 4 is 22.8 Å². The molecule has 0 radical (unpaired) electrons. The summed E-state index contributed by atoms with van der Waals surface area (Å²) in [5.74, 6) is -1.39. The first kappa shape index (κ1) is 23.7. The maximum atomic E-state index is 13.4. The molecule has 186 valence electrons. The van der Waals surface area contributed by atoms with E-state index in [1.54, 1.807) is 36.6 Å². The number of carbonyl (C=O) groups is 2. The molecule has 0 amide bonds. The second-order valence-corrected chi connectivity index (χ2v) is 9.14. The lowest BCUT2D eigenvalue weighted by atomic mass is 9.86. The maximum Gasteiger partial charge on any atom is 0.343 e. The number of benzene rings is 1. The molecule has 2 atom stereocenters. The number of aliphatic hydroxyl groups is 1. The fraction of sp³-hybridized carbons (Fsp3) is 0.333. The van der Waals surface area contributed by atoms with E-state index in [0.717, 1.165) is 16.5 Å². The molecule has 0 spiro atoms. The Bertz CT molecular complexity index is 1540. The van der Waals surface area contributed by atoms with Gasteiger partial charge in [0.2, 0.25) is 0 Å². The first-order valence-corrected chi connectivity index (χ1v) is 11.8. The first-order chi connectivity index (χ1) is 17.1. The summed E-state index contributed by atoms with van der Waals surface area (Å²) in [7, 11) is 0. The Balaban J connectivity index is 1.66. The highest BCUT2D eigenvalue weighted by molar-refractivity contribution is 5.90. The number of aliphatic carboxylic acids is 1. The van der Waals surface area contributed by atoms with Crippen LogP contribution in [0.1, 0.15) is 49.4 Å². The normalized spacial score (nSPS) is 18.7. The van der Waals surface area contributed by atoms with Crippen LogP contribution in [0, 0.1) is 0 Å². The SMILES string of the molecule is C=C(C(=O)O)C(C)Oc1ccc2nc3c(c(CC)c2c1)Cn1c-3cc2c(c1=O)COC(=O)[C@]2(O)CC. The number of pyridine rings is 2. The molecule has 0 aliphatic carbocycles. The topological polar surface area (TPSA) is 128 Å². The van der Waals surface area contributed by atoms with E-state index < -0.39 is 23.6 Å². The summed E-state index contributed by atoms with van der Waals surface area (Å²) in [6.07, 6.45) is 0.0180. The van der Waals surface area contributed by atoms with Crippen molar-refractivity contribution in [2.45, 2.75) is 58.5 Å². The van der Waals surface area contributed by atoms with Gasteiger partial charge in [0.25, 0.3) is 5.56 Å². The Morgan fingerprint density at radius 2 is 2.03 bits per heavy atom. The Labute approximate surface area is 206 Å². The summed E-state index contributed by atoms with van der Waals surface area (Å²) in [6.45, 7) is 8.99. The van der Waals surface area contributed by atoms with Crippen molar-refractivity contribution in [1.82, 2.24) is 9.55 Å². The summed E-state index contributed by atoms with van der Waals surface area (Å²) in [6, 6.07) is 7.03. The van der Waals surface area contributed by atoms with Crippen molar-refractivity contribution in [3.8, 4) is 17.1 Å². The van der Waals surface area contributed by atoms with Crippen LogP contribution in [0.25, 0.3) is 22.3 Å². The molecular weight excluding hydrogens is 464 g/mol. The van der Waals surface area contributed by atoms with Crippen molar-refractivity contribution in [2.24, 2.45) is 0 Å². The van der Waals surface area contributed by atoms with Crippen molar-refractivity contribution in [2.75, 3.05) is 0 Å². The molecule has 36 heavy (non-hydrogen) atoms. The highest BCUT2D eigenvalue weighted by atomic mass is 16.6. The zero-order valence-corrected chi connectivity index (χ0v) is 20.3. The van der Waals surface area contributed by atoms with Gasteiger partial charge in [-0.3, -0.25) is 4.79 Å². The fourth-order valence-electron chi connectivity index (χ4n) is 5.07. The third-order valence-electron chi connectivity index (χ3n) is 7.21. The number of cyclic esters (lactones) is 1. The minimum atomic E-state index is -1.88. The van der Waals surface area contributed by atoms with E-state index in [2.05, 4.69) is 6.58 Å². The smallest absolute Gasteiger partial charge is 0.343 e. The zero-order valence-electron chi connectivity index (χ0n) is 20.3. The number of carbonyl (C=O) groups excluding carboxylic acids is 1. The van der Waals surface area contributed by atoms with Crippen LogP contribution in [0.4, 0.5) is 0 Å². The molecule has 5 rings (SSSR count). The summed E-state index contributed by atoms with van der Waals surface area (Å²) in [5.41, 5.74) is 2.08. The average Bonchev–Trinajstić information content (AvgIpc) is 3.23. The quantitative estimate of drug-likeness (QED) is 0.312. The summed E-state index contributed by atoms with van der Waals surface area (Å²) < 4.78 is 12.6. The fourth-order valence-corrected chi connectivity index (χ4v) is 5.07. The Kier molecular flexibility index (Phi) is 5.48. The van der Waals surface area contributed by atoms with Gasteiger partial charge in [0, 0.05) is 16.5 Å². The molecule has 3 aromatic rings. The number of rotatable bonds is 6. The van der Waals surface area contributed by atoms with Crippen LogP contribution in [-0.4, -0.2) is 37.8 Å². The largest absolute Gasteiger partial charge is 0.486 e. The van der Waals surface area contributed by atoms with Crippen molar-refractivity contribution in [1.29, 1.82) is 0 Å². The van der Waals surface area contributed by atoms with Crippen molar-refractivity contribution in [3.05, 3.63) is 69.0 Å². The highest BCUT2D eigenvalue weighted by Gasteiger charge is 2.45. The molecule has 2 N–H and O–H groups in total. The van der Waals surface area contributed by atoms with Gasteiger partial charge in [-0.25, -0.2) is 14.6 Å². The monoisotopic (exact) mass is 490 g/mol. The van der Waals surface area contributed by atoms with Gasteiger partial charge in [0.05, 0.1) is 34.6 Å². The predicted octanol–water partition coefficient (Wildman–Crippen LogP) is 3.05. The van der Waals surface area contributed by atoms with Crippen LogP contribution in [0.3, 0.4) is 0 Å². The highest BCUT2D eigenvalue weighted by Crippen LogP contribution is 2.40. The molecule has 0 fully saturated rings. The van der Waals surface area contributed by atoms with E-state index in [9.17, 15) is 24.6 Å². The summed E-state index contributed by atoms with van der Waals surface area (Å²) in [4.78, 5) is 41.9. The minimum absolute atomic E-state index is 0.0498. The molecule has 4 heterocycles. The molecule has 2 aliphatic rings. The van der Waals surface area contributed by atoms with E-state index >= 15 is 0 Å². The lowest BCUT2D eigenvalue weighted by molar-refractivity contribution is -0.172. The molecule has 1 unspecified atom stereocenters. The Hall–Kier alpha value is -3.98. The number of carboxylic acid groups (broad SMARTS) is 1. The van der Waals surface area contributed by atoms with Crippen molar-refractivity contribution in [3.63, 3.8) is 0 Å². The maximum absolute atomic E-state index is 13.4. The molecule has 2 aromatic heterocycles. The number of aromatic nitrogens is 2. The van der Waals surface area contributed by atoms with E-state index in [4.69, 9.17) is 14.5 Å². The number of hydrogen-bond donors (Lipinski definition) is 2. The molecule has 0 bridgehead atoms. The molecule has 9 nitrogen and oxygen atoms in total. The third kappa shape index (κ3) is 3.34. The van der Waals surface area contributed by atoms with Crippen LogP contribution >= 0.6 is 0 Å².